The molecule has 4 nitrogen and oxygen atoms in total. The van der Waals surface area contributed by atoms with Crippen LogP contribution < -0.4 is 15.3 Å². The van der Waals surface area contributed by atoms with Gasteiger partial charge in [0.05, 0.1) is 0 Å². The van der Waals surface area contributed by atoms with Crippen LogP contribution in [0.2, 0.25) is 0 Å². The van der Waals surface area contributed by atoms with Gasteiger partial charge in [0, 0.05) is 54.8 Å². The van der Waals surface area contributed by atoms with Crippen molar-refractivity contribution in [1.29, 1.82) is 0 Å². The SMILES string of the molecule is CN(C)c1ccc(B(O)O)c2ccccc12.CN(C)c1ccc(Br)c2ccccc12. The number of fused-ring (bicyclic) bond motifs is 2. The maximum absolute atomic E-state index is 9.29. The van der Waals surface area contributed by atoms with Gasteiger partial charge in [-0.1, -0.05) is 70.5 Å². The van der Waals surface area contributed by atoms with Gasteiger partial charge in [-0.3, -0.25) is 0 Å². The molecule has 0 fully saturated rings. The number of anilines is 2. The molecule has 0 amide bonds. The minimum atomic E-state index is -1.43. The first-order valence-electron chi connectivity index (χ1n) is 9.71. The summed E-state index contributed by atoms with van der Waals surface area (Å²) in [6.07, 6.45) is 0. The molecule has 2 N–H and O–H groups in total. The number of benzene rings is 4. The highest BCUT2D eigenvalue weighted by Gasteiger charge is 2.16. The summed E-state index contributed by atoms with van der Waals surface area (Å²) in [5, 5.41) is 23.0. The molecule has 0 aliphatic carbocycles. The van der Waals surface area contributed by atoms with Crippen LogP contribution in [-0.2, 0) is 0 Å². The molecule has 0 saturated heterocycles. The number of hydrogen-bond donors (Lipinski definition) is 2. The van der Waals surface area contributed by atoms with E-state index in [1.165, 1.54) is 16.5 Å². The molecule has 4 aromatic carbocycles. The smallest absolute Gasteiger partial charge is 0.423 e. The third-order valence-corrected chi connectivity index (χ3v) is 5.72. The Kier molecular flexibility index (Phi) is 7.03. The van der Waals surface area contributed by atoms with Gasteiger partial charge in [-0.25, -0.2) is 0 Å². The lowest BCUT2D eigenvalue weighted by Gasteiger charge is -2.17. The van der Waals surface area contributed by atoms with Crippen LogP contribution in [0, 0.1) is 0 Å². The van der Waals surface area contributed by atoms with E-state index >= 15 is 0 Å². The van der Waals surface area contributed by atoms with Crippen molar-refractivity contribution in [3.05, 3.63) is 77.3 Å². The second-order valence-electron chi connectivity index (χ2n) is 7.49. The first-order valence-corrected chi connectivity index (χ1v) is 10.5. The Morgan fingerprint density at radius 2 is 1.03 bits per heavy atom. The molecule has 4 rings (SSSR count). The maximum atomic E-state index is 9.29. The first-order chi connectivity index (χ1) is 14.3. The van der Waals surface area contributed by atoms with Gasteiger partial charge in [0.25, 0.3) is 0 Å². The monoisotopic (exact) mass is 464 g/mol. The van der Waals surface area contributed by atoms with Crippen LogP contribution in [0.25, 0.3) is 21.5 Å². The summed E-state index contributed by atoms with van der Waals surface area (Å²) in [7, 11) is 6.64. The Morgan fingerprint density at radius 3 is 1.53 bits per heavy atom. The average Bonchev–Trinajstić information content (AvgIpc) is 2.73. The predicted molar refractivity (Wildman–Crippen MR) is 134 cm³/mol. The lowest BCUT2D eigenvalue weighted by molar-refractivity contribution is 0.426. The van der Waals surface area contributed by atoms with Crippen molar-refractivity contribution in [2.45, 2.75) is 0 Å². The van der Waals surface area contributed by atoms with Crippen LogP contribution in [-0.4, -0.2) is 45.4 Å². The molecular formula is C24H26BBrN2O2. The van der Waals surface area contributed by atoms with Crippen LogP contribution >= 0.6 is 15.9 Å². The van der Waals surface area contributed by atoms with Gasteiger partial charge in [-0.05, 0) is 34.4 Å². The van der Waals surface area contributed by atoms with Gasteiger partial charge in [0.1, 0.15) is 0 Å². The van der Waals surface area contributed by atoms with Crippen molar-refractivity contribution in [2.75, 3.05) is 38.0 Å². The Morgan fingerprint density at radius 1 is 0.600 bits per heavy atom. The Hall–Kier alpha value is -2.54. The molecule has 0 radical (unpaired) electrons. The third-order valence-electron chi connectivity index (χ3n) is 5.02. The second kappa shape index (κ2) is 9.52. The minimum absolute atomic E-state index is 0.543. The zero-order valence-corrected chi connectivity index (χ0v) is 19.3. The van der Waals surface area contributed by atoms with Crippen molar-refractivity contribution in [3.8, 4) is 0 Å². The number of halogens is 1. The molecule has 0 heterocycles. The van der Waals surface area contributed by atoms with E-state index in [2.05, 4.69) is 71.3 Å². The third kappa shape index (κ3) is 4.62. The first kappa shape index (κ1) is 22.2. The molecular weight excluding hydrogens is 439 g/mol. The maximum Gasteiger partial charge on any atom is 0.489 e. The number of nitrogens with zero attached hydrogens (tertiary/aromatic N) is 2. The van der Waals surface area contributed by atoms with E-state index < -0.39 is 7.12 Å². The summed E-state index contributed by atoms with van der Waals surface area (Å²) in [6.45, 7) is 0. The zero-order valence-electron chi connectivity index (χ0n) is 17.7. The van der Waals surface area contributed by atoms with Crippen molar-refractivity contribution >= 4 is 61.4 Å². The molecule has 0 spiro atoms. The summed E-state index contributed by atoms with van der Waals surface area (Å²) in [6, 6.07) is 24.0. The fourth-order valence-electron chi connectivity index (χ4n) is 3.56. The number of hydrogen-bond acceptors (Lipinski definition) is 4. The molecule has 4 aromatic rings. The highest BCUT2D eigenvalue weighted by molar-refractivity contribution is 9.10. The van der Waals surface area contributed by atoms with Crippen molar-refractivity contribution in [2.24, 2.45) is 0 Å². The van der Waals surface area contributed by atoms with Crippen LogP contribution in [0.15, 0.2) is 77.3 Å². The van der Waals surface area contributed by atoms with Crippen molar-refractivity contribution < 1.29 is 10.0 Å². The van der Waals surface area contributed by atoms with Crippen LogP contribution in [0.3, 0.4) is 0 Å². The van der Waals surface area contributed by atoms with E-state index in [0.29, 0.717) is 5.46 Å². The molecule has 0 saturated carbocycles. The van der Waals surface area contributed by atoms with Crippen molar-refractivity contribution in [3.63, 3.8) is 0 Å². The summed E-state index contributed by atoms with van der Waals surface area (Å²) >= 11 is 3.56. The quantitative estimate of drug-likeness (QED) is 0.445. The lowest BCUT2D eigenvalue weighted by Crippen LogP contribution is -2.30. The van der Waals surface area contributed by atoms with Crippen LogP contribution in [0.4, 0.5) is 11.4 Å². The highest BCUT2D eigenvalue weighted by atomic mass is 79.9. The lowest BCUT2D eigenvalue weighted by atomic mass is 9.77. The molecule has 0 bridgehead atoms. The average molecular weight is 465 g/mol. The van der Waals surface area contributed by atoms with Gasteiger partial charge in [0.15, 0.2) is 0 Å². The molecule has 0 aliphatic heterocycles. The molecule has 0 aliphatic rings. The Bertz CT molecular complexity index is 1120. The molecule has 6 heteroatoms. The van der Waals surface area contributed by atoms with Gasteiger partial charge in [0.2, 0.25) is 0 Å². The van der Waals surface area contributed by atoms with E-state index in [1.807, 2.05) is 49.3 Å². The van der Waals surface area contributed by atoms with Crippen LogP contribution in [0.1, 0.15) is 0 Å². The fraction of sp³-hybridized carbons (Fsp3) is 0.167. The number of rotatable bonds is 3. The fourth-order valence-corrected chi connectivity index (χ4v) is 4.04. The predicted octanol–water partition coefficient (Wildman–Crippen LogP) is 4.25. The van der Waals surface area contributed by atoms with Gasteiger partial charge >= 0.3 is 7.12 Å². The van der Waals surface area contributed by atoms with E-state index in [1.54, 1.807) is 6.07 Å². The Balaban J connectivity index is 0.000000172. The molecule has 0 aromatic heterocycles. The summed E-state index contributed by atoms with van der Waals surface area (Å²) in [5.41, 5.74) is 2.87. The normalized spacial score (nSPS) is 10.5. The standard InChI is InChI=1S/C12H14BNO2.C12H12BrN/c1-14(2)12-8-7-11(13(15)16)9-5-3-4-6-10(9)12;1-14(2)12-8-7-11(13)9-5-3-4-6-10(9)12/h3-8,15-16H,1-2H3;3-8H,1-2H3. The summed E-state index contributed by atoms with van der Waals surface area (Å²) in [4.78, 5) is 4.14. The van der Waals surface area contributed by atoms with Gasteiger partial charge in [-0.15, -0.1) is 0 Å². The van der Waals surface area contributed by atoms with Crippen molar-refractivity contribution in [1.82, 2.24) is 0 Å². The zero-order chi connectivity index (χ0) is 21.8. The largest absolute Gasteiger partial charge is 0.489 e. The van der Waals surface area contributed by atoms with E-state index in [0.717, 1.165) is 20.9 Å². The summed E-state index contributed by atoms with van der Waals surface area (Å²) in [5.74, 6) is 0. The minimum Gasteiger partial charge on any atom is -0.423 e. The molecule has 0 unspecified atom stereocenters. The highest BCUT2D eigenvalue weighted by Crippen LogP contribution is 2.31. The van der Waals surface area contributed by atoms with E-state index in [-0.39, 0.29) is 0 Å². The second-order valence-corrected chi connectivity index (χ2v) is 8.35. The topological polar surface area (TPSA) is 46.9 Å². The van der Waals surface area contributed by atoms with Gasteiger partial charge < -0.3 is 19.8 Å². The van der Waals surface area contributed by atoms with E-state index in [4.69, 9.17) is 0 Å². The summed E-state index contributed by atoms with van der Waals surface area (Å²) < 4.78 is 1.15. The van der Waals surface area contributed by atoms with E-state index in [9.17, 15) is 10.0 Å². The molecule has 154 valence electrons. The molecule has 0 atom stereocenters. The van der Waals surface area contributed by atoms with Gasteiger partial charge in [-0.2, -0.15) is 0 Å². The Labute approximate surface area is 186 Å². The van der Waals surface area contributed by atoms with Crippen LogP contribution in [0.5, 0.6) is 0 Å². The molecule has 30 heavy (non-hydrogen) atoms.